The molecule has 1 aromatic rings. The molecule has 0 radical (unpaired) electrons. The van der Waals surface area contributed by atoms with Crippen LogP contribution in [0.25, 0.3) is 0 Å². The van der Waals surface area contributed by atoms with Gasteiger partial charge in [0.2, 0.25) is 15.9 Å². The molecule has 1 amide bonds. The number of piperidine rings is 1. The van der Waals surface area contributed by atoms with E-state index in [-0.39, 0.29) is 23.0 Å². The summed E-state index contributed by atoms with van der Waals surface area (Å²) in [4.78, 5) is 12.4. The smallest absolute Gasteiger partial charge is 0.228 e. The van der Waals surface area contributed by atoms with Crippen molar-refractivity contribution in [2.24, 2.45) is 16.5 Å². The monoisotopic (exact) mass is 323 g/mol. The van der Waals surface area contributed by atoms with Crippen molar-refractivity contribution in [1.82, 2.24) is 5.32 Å². The van der Waals surface area contributed by atoms with Crippen LogP contribution in [0.15, 0.2) is 24.3 Å². The predicted molar refractivity (Wildman–Crippen MR) is 84.5 cm³/mol. The fourth-order valence-corrected chi connectivity index (χ4v) is 4.04. The van der Waals surface area contributed by atoms with Crippen molar-refractivity contribution in [3.63, 3.8) is 0 Å². The van der Waals surface area contributed by atoms with Gasteiger partial charge in [-0.3, -0.25) is 4.79 Å². The van der Waals surface area contributed by atoms with Crippen molar-refractivity contribution in [2.45, 2.75) is 25.0 Å². The van der Waals surface area contributed by atoms with Gasteiger partial charge in [-0.2, -0.15) is 0 Å². The second-order valence-corrected chi connectivity index (χ2v) is 7.98. The summed E-state index contributed by atoms with van der Waals surface area (Å²) in [6.45, 7) is 1.96. The van der Waals surface area contributed by atoms with Crippen LogP contribution in [0.5, 0.6) is 0 Å². The summed E-state index contributed by atoms with van der Waals surface area (Å²) in [5.74, 6) is -0.110. The number of sulfonamides is 1. The Bertz CT molecular complexity index is 681. The van der Waals surface area contributed by atoms with Crippen molar-refractivity contribution in [2.75, 3.05) is 18.4 Å². The largest absolute Gasteiger partial charge is 0.326 e. The Morgan fingerprint density at radius 3 is 2.77 bits per heavy atom. The first-order valence-corrected chi connectivity index (χ1v) is 9.21. The van der Waals surface area contributed by atoms with Crippen LogP contribution < -0.4 is 15.8 Å². The molecule has 7 heteroatoms. The number of benzene rings is 1. The molecule has 1 saturated heterocycles. The van der Waals surface area contributed by atoms with Gasteiger partial charge in [0.25, 0.3) is 0 Å². The standard InChI is InChI=1S/C15H21N3O3S/c16-22(20,21)10-11-2-1-3-12(8-11)18-14(19)13-9-15(13)4-6-17-7-5-15/h1-3,8,13,17H,4-7,9-10H2,(H,18,19)(H2,16,20,21). The Balaban J connectivity index is 1.64. The lowest BCUT2D eigenvalue weighted by molar-refractivity contribution is -0.118. The van der Waals surface area contributed by atoms with E-state index in [0.29, 0.717) is 11.3 Å². The van der Waals surface area contributed by atoms with E-state index in [9.17, 15) is 13.2 Å². The molecular weight excluding hydrogens is 302 g/mol. The summed E-state index contributed by atoms with van der Waals surface area (Å²) < 4.78 is 22.3. The van der Waals surface area contributed by atoms with Crippen LogP contribution in [-0.2, 0) is 20.6 Å². The topological polar surface area (TPSA) is 101 Å². The normalized spacial score (nSPS) is 23.2. The number of hydrogen-bond donors (Lipinski definition) is 3. The maximum atomic E-state index is 12.4. The Kier molecular flexibility index (Phi) is 3.96. The van der Waals surface area contributed by atoms with E-state index >= 15 is 0 Å². The summed E-state index contributed by atoms with van der Waals surface area (Å²) in [5, 5.41) is 11.3. The van der Waals surface area contributed by atoms with Crippen LogP contribution in [0.3, 0.4) is 0 Å². The quantitative estimate of drug-likeness (QED) is 0.763. The molecule has 1 heterocycles. The van der Waals surface area contributed by atoms with Gasteiger partial charge in [-0.25, -0.2) is 13.6 Å². The van der Waals surface area contributed by atoms with Crippen molar-refractivity contribution < 1.29 is 13.2 Å². The van der Waals surface area contributed by atoms with Gasteiger partial charge in [0.15, 0.2) is 0 Å². The van der Waals surface area contributed by atoms with Crippen molar-refractivity contribution in [3.05, 3.63) is 29.8 Å². The summed E-state index contributed by atoms with van der Waals surface area (Å²) in [5.41, 5.74) is 1.39. The van der Waals surface area contributed by atoms with Gasteiger partial charge in [-0.05, 0) is 55.5 Å². The van der Waals surface area contributed by atoms with Gasteiger partial charge in [0.05, 0.1) is 5.75 Å². The lowest BCUT2D eigenvalue weighted by Crippen LogP contribution is -2.31. The highest BCUT2D eigenvalue weighted by Gasteiger charge is 2.57. The Labute approximate surface area is 130 Å². The molecule has 1 atom stereocenters. The molecule has 6 nitrogen and oxygen atoms in total. The average Bonchev–Trinajstić information content (AvgIpc) is 3.11. The highest BCUT2D eigenvalue weighted by Crippen LogP contribution is 2.58. The van der Waals surface area contributed by atoms with Gasteiger partial charge < -0.3 is 10.6 Å². The fraction of sp³-hybridized carbons (Fsp3) is 0.533. The third-order valence-electron chi connectivity index (χ3n) is 4.67. The Morgan fingerprint density at radius 1 is 1.36 bits per heavy atom. The molecular formula is C15H21N3O3S. The zero-order chi connectivity index (χ0) is 15.8. The summed E-state index contributed by atoms with van der Waals surface area (Å²) in [6.07, 6.45) is 3.06. The number of amides is 1. The molecule has 1 aromatic carbocycles. The van der Waals surface area contributed by atoms with E-state index in [1.54, 1.807) is 24.3 Å². The van der Waals surface area contributed by atoms with Crippen LogP contribution >= 0.6 is 0 Å². The van der Waals surface area contributed by atoms with Crippen molar-refractivity contribution in [1.29, 1.82) is 0 Å². The molecule has 2 aliphatic rings. The van der Waals surface area contributed by atoms with Crippen LogP contribution in [0.4, 0.5) is 5.69 Å². The number of primary sulfonamides is 1. The van der Waals surface area contributed by atoms with Gasteiger partial charge in [0.1, 0.15) is 0 Å². The highest BCUT2D eigenvalue weighted by atomic mass is 32.2. The van der Waals surface area contributed by atoms with E-state index in [1.807, 2.05) is 0 Å². The Morgan fingerprint density at radius 2 is 2.09 bits per heavy atom. The van der Waals surface area contributed by atoms with E-state index in [2.05, 4.69) is 10.6 Å². The molecule has 22 heavy (non-hydrogen) atoms. The maximum Gasteiger partial charge on any atom is 0.228 e. The minimum Gasteiger partial charge on any atom is -0.326 e. The third-order valence-corrected chi connectivity index (χ3v) is 5.40. The number of carbonyl (C=O) groups is 1. The summed E-state index contributed by atoms with van der Waals surface area (Å²) >= 11 is 0. The van der Waals surface area contributed by atoms with Gasteiger partial charge in [-0.15, -0.1) is 0 Å². The third kappa shape index (κ3) is 3.48. The van der Waals surface area contributed by atoms with Crippen molar-refractivity contribution in [3.8, 4) is 0 Å². The average molecular weight is 323 g/mol. The number of anilines is 1. The van der Waals surface area contributed by atoms with Crippen LogP contribution in [0.2, 0.25) is 0 Å². The summed E-state index contributed by atoms with van der Waals surface area (Å²) in [6, 6.07) is 6.84. The zero-order valence-corrected chi connectivity index (χ0v) is 13.2. The van der Waals surface area contributed by atoms with Gasteiger partial charge in [-0.1, -0.05) is 12.1 Å². The first kappa shape index (κ1) is 15.5. The first-order valence-electron chi connectivity index (χ1n) is 7.49. The molecule has 2 fully saturated rings. The number of hydrogen-bond acceptors (Lipinski definition) is 4. The molecule has 1 saturated carbocycles. The lowest BCUT2D eigenvalue weighted by Gasteiger charge is -2.23. The van der Waals surface area contributed by atoms with Crippen molar-refractivity contribution >= 4 is 21.6 Å². The number of rotatable bonds is 4. The molecule has 120 valence electrons. The minimum atomic E-state index is -3.57. The fourth-order valence-electron chi connectivity index (χ4n) is 3.40. The van der Waals surface area contributed by atoms with Gasteiger partial charge in [0, 0.05) is 11.6 Å². The number of nitrogens with one attached hydrogen (secondary N) is 2. The second-order valence-electron chi connectivity index (χ2n) is 6.37. The Hall–Kier alpha value is -1.44. The molecule has 1 aliphatic carbocycles. The molecule has 3 rings (SSSR count). The minimum absolute atomic E-state index is 0.0367. The SMILES string of the molecule is NS(=O)(=O)Cc1cccc(NC(=O)C2CC23CCNCC3)c1. The van der Waals surface area contributed by atoms with Gasteiger partial charge >= 0.3 is 0 Å². The van der Waals surface area contributed by atoms with E-state index in [0.717, 1.165) is 32.4 Å². The molecule has 0 aromatic heterocycles. The molecule has 1 spiro atoms. The maximum absolute atomic E-state index is 12.4. The van der Waals surface area contributed by atoms with Crippen LogP contribution in [0, 0.1) is 11.3 Å². The number of nitrogens with two attached hydrogens (primary N) is 1. The van der Waals surface area contributed by atoms with E-state index < -0.39 is 10.0 Å². The van der Waals surface area contributed by atoms with Crippen LogP contribution in [0.1, 0.15) is 24.8 Å². The second kappa shape index (κ2) is 5.64. The highest BCUT2D eigenvalue weighted by molar-refractivity contribution is 7.88. The molecule has 1 aliphatic heterocycles. The molecule has 0 bridgehead atoms. The van der Waals surface area contributed by atoms with Crippen LogP contribution in [-0.4, -0.2) is 27.4 Å². The van der Waals surface area contributed by atoms with E-state index in [4.69, 9.17) is 5.14 Å². The summed E-state index contributed by atoms with van der Waals surface area (Å²) in [7, 11) is -3.57. The molecule has 4 N–H and O–H groups in total. The number of carbonyl (C=O) groups excluding carboxylic acids is 1. The van der Waals surface area contributed by atoms with E-state index in [1.165, 1.54) is 0 Å². The first-order chi connectivity index (χ1) is 10.4. The lowest BCUT2D eigenvalue weighted by atomic mass is 9.92. The zero-order valence-electron chi connectivity index (χ0n) is 12.3. The predicted octanol–water partition coefficient (Wildman–Crippen LogP) is 0.803. The molecule has 1 unspecified atom stereocenters.